The summed E-state index contributed by atoms with van der Waals surface area (Å²) in [6.07, 6.45) is 1.89. The summed E-state index contributed by atoms with van der Waals surface area (Å²) in [5, 5.41) is 9.41. The monoisotopic (exact) mass is 335 g/mol. The number of fused-ring (bicyclic) bond motifs is 1. The Morgan fingerprint density at radius 2 is 2.48 bits per heavy atom. The van der Waals surface area contributed by atoms with Crippen molar-refractivity contribution in [2.24, 2.45) is 0 Å². The van der Waals surface area contributed by atoms with E-state index in [4.69, 9.17) is 9.47 Å². The second-order valence-corrected chi connectivity index (χ2v) is 6.58. The van der Waals surface area contributed by atoms with Crippen LogP contribution in [0.2, 0.25) is 0 Å². The van der Waals surface area contributed by atoms with Crippen LogP contribution in [-0.2, 0) is 22.6 Å². The highest BCUT2D eigenvalue weighted by Gasteiger charge is 2.25. The number of carbonyl (C=O) groups is 1. The van der Waals surface area contributed by atoms with Crippen LogP contribution in [0.1, 0.15) is 32.4 Å². The molecule has 0 spiro atoms. The Labute approximate surface area is 139 Å². The molecule has 0 aliphatic carbocycles. The maximum Gasteiger partial charge on any atom is 0.261 e. The van der Waals surface area contributed by atoms with E-state index in [-0.39, 0.29) is 11.8 Å². The normalized spacial score (nSPS) is 17.0. The van der Waals surface area contributed by atoms with Gasteiger partial charge in [-0.3, -0.25) is 9.48 Å². The van der Waals surface area contributed by atoms with E-state index in [1.54, 1.807) is 7.11 Å². The third kappa shape index (κ3) is 3.63. The first kappa shape index (κ1) is 16.2. The molecule has 3 heterocycles. The molecule has 1 aliphatic heterocycles. The van der Waals surface area contributed by atoms with Gasteiger partial charge >= 0.3 is 0 Å². The van der Waals surface area contributed by atoms with Gasteiger partial charge in [-0.15, -0.1) is 11.3 Å². The number of nitrogens with zero attached hydrogens (tertiary/aromatic N) is 2. The van der Waals surface area contributed by atoms with Gasteiger partial charge in [0.25, 0.3) is 5.91 Å². The minimum absolute atomic E-state index is 0.0259. The molecule has 1 atom stereocenters. The number of methoxy groups -OCH3 is 1. The van der Waals surface area contributed by atoms with Crippen molar-refractivity contribution in [3.63, 3.8) is 0 Å². The van der Waals surface area contributed by atoms with Gasteiger partial charge in [0.15, 0.2) is 0 Å². The molecule has 2 aromatic heterocycles. The molecule has 0 bridgehead atoms. The van der Waals surface area contributed by atoms with Crippen molar-refractivity contribution >= 4 is 17.2 Å². The van der Waals surface area contributed by atoms with Gasteiger partial charge in [-0.1, -0.05) is 0 Å². The summed E-state index contributed by atoms with van der Waals surface area (Å²) in [6.45, 7) is 5.04. The lowest BCUT2D eigenvalue weighted by molar-refractivity contribution is 0.0797. The van der Waals surface area contributed by atoms with E-state index >= 15 is 0 Å². The molecule has 124 valence electrons. The van der Waals surface area contributed by atoms with Gasteiger partial charge in [-0.2, -0.15) is 5.10 Å². The van der Waals surface area contributed by atoms with Crippen molar-refractivity contribution < 1.29 is 14.3 Å². The first-order valence-corrected chi connectivity index (χ1v) is 8.51. The fourth-order valence-corrected chi connectivity index (χ4v) is 3.52. The maximum absolute atomic E-state index is 12.2. The number of aromatic nitrogens is 2. The van der Waals surface area contributed by atoms with Crippen LogP contribution in [0.4, 0.5) is 0 Å². The molecule has 0 saturated heterocycles. The van der Waals surface area contributed by atoms with Crippen LogP contribution in [0, 0.1) is 6.92 Å². The minimum atomic E-state index is -0.0259. The highest BCUT2D eigenvalue weighted by atomic mass is 32.1. The molecule has 0 fully saturated rings. The van der Waals surface area contributed by atoms with Crippen molar-refractivity contribution in [1.29, 1.82) is 0 Å². The van der Waals surface area contributed by atoms with Crippen molar-refractivity contribution in [2.45, 2.75) is 26.0 Å². The second kappa shape index (κ2) is 7.25. The number of aryl methyl sites for hydroxylation is 1. The fraction of sp³-hybridized carbons (Fsp3) is 0.500. The van der Waals surface area contributed by atoms with Crippen molar-refractivity contribution in [3.05, 3.63) is 39.3 Å². The zero-order valence-electron chi connectivity index (χ0n) is 13.4. The third-order valence-electron chi connectivity index (χ3n) is 3.95. The SMILES string of the molecule is COCCn1ncc2c1COCC2CNC(=O)c1cc(C)cs1. The van der Waals surface area contributed by atoms with Gasteiger partial charge in [-0.05, 0) is 23.9 Å². The summed E-state index contributed by atoms with van der Waals surface area (Å²) in [5.41, 5.74) is 3.36. The molecule has 0 saturated carbocycles. The predicted octanol–water partition coefficient (Wildman–Crippen LogP) is 1.94. The van der Waals surface area contributed by atoms with Crippen LogP contribution in [0.3, 0.4) is 0 Å². The Bertz CT molecular complexity index is 680. The molecule has 2 aromatic rings. The van der Waals surface area contributed by atoms with E-state index in [0.29, 0.717) is 32.9 Å². The lowest BCUT2D eigenvalue weighted by Crippen LogP contribution is -2.32. The van der Waals surface area contributed by atoms with E-state index in [1.807, 2.05) is 29.2 Å². The topological polar surface area (TPSA) is 65.4 Å². The summed E-state index contributed by atoms with van der Waals surface area (Å²) < 4.78 is 12.7. The molecule has 0 radical (unpaired) electrons. The third-order valence-corrected chi connectivity index (χ3v) is 5.00. The molecule has 1 unspecified atom stereocenters. The van der Waals surface area contributed by atoms with Crippen LogP contribution in [0.15, 0.2) is 17.6 Å². The largest absolute Gasteiger partial charge is 0.383 e. The standard InChI is InChI=1S/C16H21N3O3S/c1-11-5-15(23-10-11)16(20)17-6-12-8-22-9-14-13(12)7-18-19(14)3-4-21-2/h5,7,10,12H,3-4,6,8-9H2,1-2H3,(H,17,20). The molecule has 1 aliphatic rings. The van der Waals surface area contributed by atoms with E-state index in [9.17, 15) is 4.79 Å². The summed E-state index contributed by atoms with van der Waals surface area (Å²) in [5.74, 6) is 0.113. The smallest absolute Gasteiger partial charge is 0.261 e. The maximum atomic E-state index is 12.2. The highest BCUT2D eigenvalue weighted by Crippen LogP contribution is 2.26. The van der Waals surface area contributed by atoms with Crippen molar-refractivity contribution in [3.8, 4) is 0 Å². The Morgan fingerprint density at radius 3 is 3.22 bits per heavy atom. The number of thiophene rings is 1. The molecular weight excluding hydrogens is 314 g/mol. The van der Waals surface area contributed by atoms with Gasteiger partial charge in [0, 0.05) is 25.1 Å². The molecular formula is C16H21N3O3S. The number of carbonyl (C=O) groups excluding carboxylic acids is 1. The van der Waals surface area contributed by atoms with E-state index in [2.05, 4.69) is 10.4 Å². The fourth-order valence-electron chi connectivity index (χ4n) is 2.70. The highest BCUT2D eigenvalue weighted by molar-refractivity contribution is 7.12. The Morgan fingerprint density at radius 1 is 1.61 bits per heavy atom. The van der Waals surface area contributed by atoms with Gasteiger partial charge in [0.05, 0.1) is 43.1 Å². The van der Waals surface area contributed by atoms with Crippen molar-refractivity contribution in [2.75, 3.05) is 26.9 Å². The Kier molecular flexibility index (Phi) is 5.09. The average Bonchev–Trinajstić information content (AvgIpc) is 3.17. The molecule has 3 rings (SSSR count). The average molecular weight is 335 g/mol. The first-order chi connectivity index (χ1) is 11.2. The molecule has 7 heteroatoms. The molecule has 1 amide bonds. The summed E-state index contributed by atoms with van der Waals surface area (Å²) in [6, 6.07) is 1.91. The van der Waals surface area contributed by atoms with Crippen LogP contribution >= 0.6 is 11.3 Å². The number of amides is 1. The van der Waals surface area contributed by atoms with Gasteiger partial charge < -0.3 is 14.8 Å². The molecule has 23 heavy (non-hydrogen) atoms. The Balaban J connectivity index is 1.64. The number of hydrogen-bond donors (Lipinski definition) is 1. The number of ether oxygens (including phenoxy) is 2. The quantitative estimate of drug-likeness (QED) is 0.876. The van der Waals surface area contributed by atoms with E-state index < -0.39 is 0 Å². The van der Waals surface area contributed by atoms with Gasteiger partial charge in [-0.25, -0.2) is 0 Å². The lowest BCUT2D eigenvalue weighted by Gasteiger charge is -2.23. The number of rotatable bonds is 6. The first-order valence-electron chi connectivity index (χ1n) is 7.63. The second-order valence-electron chi connectivity index (χ2n) is 5.67. The predicted molar refractivity (Wildman–Crippen MR) is 87.9 cm³/mol. The van der Waals surface area contributed by atoms with Crippen LogP contribution < -0.4 is 5.32 Å². The minimum Gasteiger partial charge on any atom is -0.383 e. The van der Waals surface area contributed by atoms with Gasteiger partial charge in [0.2, 0.25) is 0 Å². The van der Waals surface area contributed by atoms with Crippen LogP contribution in [0.25, 0.3) is 0 Å². The van der Waals surface area contributed by atoms with E-state index in [0.717, 1.165) is 21.7 Å². The molecule has 1 N–H and O–H groups in total. The van der Waals surface area contributed by atoms with Gasteiger partial charge in [0.1, 0.15) is 0 Å². The van der Waals surface area contributed by atoms with Crippen LogP contribution in [0.5, 0.6) is 0 Å². The number of nitrogens with one attached hydrogen (secondary N) is 1. The van der Waals surface area contributed by atoms with Crippen LogP contribution in [-0.4, -0.2) is 42.6 Å². The summed E-state index contributed by atoms with van der Waals surface area (Å²) >= 11 is 1.47. The number of hydrogen-bond acceptors (Lipinski definition) is 5. The zero-order valence-corrected chi connectivity index (χ0v) is 14.2. The lowest BCUT2D eigenvalue weighted by atomic mass is 9.98. The summed E-state index contributed by atoms with van der Waals surface area (Å²) in [4.78, 5) is 12.9. The Hall–Kier alpha value is -1.70. The molecule has 0 aromatic carbocycles. The zero-order chi connectivity index (χ0) is 16.2. The van der Waals surface area contributed by atoms with E-state index in [1.165, 1.54) is 11.3 Å². The molecule has 6 nitrogen and oxygen atoms in total. The summed E-state index contributed by atoms with van der Waals surface area (Å²) in [7, 11) is 1.68. The van der Waals surface area contributed by atoms with Crippen molar-refractivity contribution in [1.82, 2.24) is 15.1 Å².